The monoisotopic (exact) mass is 367 g/mol. The lowest BCUT2D eigenvalue weighted by molar-refractivity contribution is -0.146. The summed E-state index contributed by atoms with van der Waals surface area (Å²) in [5.74, 6) is 4.13. The SMILES string of the molecule is COc1ccc(-c2nnc(CNC(=O)C34CC5CC(CC(C5)C3)C4)o2)cc1. The van der Waals surface area contributed by atoms with Crippen LogP contribution < -0.4 is 10.1 Å². The molecule has 0 spiro atoms. The maximum absolute atomic E-state index is 13.0. The van der Waals surface area contributed by atoms with Crippen molar-refractivity contribution in [2.45, 2.75) is 45.1 Å². The molecular formula is C21H25N3O3. The van der Waals surface area contributed by atoms with Crippen LogP contribution in [0.4, 0.5) is 0 Å². The number of aromatic nitrogens is 2. The summed E-state index contributed by atoms with van der Waals surface area (Å²) in [5, 5.41) is 11.3. The van der Waals surface area contributed by atoms with E-state index in [9.17, 15) is 4.79 Å². The minimum atomic E-state index is -0.145. The van der Waals surface area contributed by atoms with E-state index in [2.05, 4.69) is 15.5 Å². The molecule has 1 aromatic heterocycles. The van der Waals surface area contributed by atoms with Gasteiger partial charge in [0.2, 0.25) is 17.7 Å². The van der Waals surface area contributed by atoms with Gasteiger partial charge in [-0.2, -0.15) is 0 Å². The largest absolute Gasteiger partial charge is 0.497 e. The van der Waals surface area contributed by atoms with Crippen molar-refractivity contribution in [3.8, 4) is 17.2 Å². The summed E-state index contributed by atoms with van der Waals surface area (Å²) in [6.45, 7) is 0.295. The third-order valence-electron chi connectivity index (χ3n) is 6.72. The predicted octanol–water partition coefficient (Wildman–Crippen LogP) is 3.58. The van der Waals surface area contributed by atoms with Gasteiger partial charge in [0.1, 0.15) is 5.75 Å². The molecule has 4 saturated carbocycles. The van der Waals surface area contributed by atoms with Gasteiger partial charge in [-0.05, 0) is 80.5 Å². The van der Waals surface area contributed by atoms with Gasteiger partial charge in [-0.1, -0.05) is 0 Å². The van der Waals surface area contributed by atoms with Crippen molar-refractivity contribution in [3.05, 3.63) is 30.2 Å². The van der Waals surface area contributed by atoms with Crippen LogP contribution in [0.2, 0.25) is 0 Å². The van der Waals surface area contributed by atoms with Gasteiger partial charge >= 0.3 is 0 Å². The van der Waals surface area contributed by atoms with Crippen molar-refractivity contribution >= 4 is 5.91 Å². The first-order chi connectivity index (χ1) is 13.1. The summed E-state index contributed by atoms with van der Waals surface area (Å²) in [7, 11) is 1.63. The Morgan fingerprint density at radius 1 is 1.11 bits per heavy atom. The molecule has 27 heavy (non-hydrogen) atoms. The van der Waals surface area contributed by atoms with Gasteiger partial charge in [0.05, 0.1) is 13.7 Å². The van der Waals surface area contributed by atoms with E-state index in [1.807, 2.05) is 24.3 Å². The quantitative estimate of drug-likeness (QED) is 0.874. The summed E-state index contributed by atoms with van der Waals surface area (Å²) in [5.41, 5.74) is 0.690. The van der Waals surface area contributed by atoms with Crippen molar-refractivity contribution in [3.63, 3.8) is 0 Å². The smallest absolute Gasteiger partial charge is 0.247 e. The minimum Gasteiger partial charge on any atom is -0.497 e. The normalized spacial score (nSPS) is 31.1. The molecule has 6 rings (SSSR count). The number of carbonyl (C=O) groups is 1. The summed E-state index contributed by atoms with van der Waals surface area (Å²) in [6.07, 6.45) is 7.19. The number of nitrogens with one attached hydrogen (secondary N) is 1. The van der Waals surface area contributed by atoms with Crippen LogP contribution >= 0.6 is 0 Å². The summed E-state index contributed by atoms with van der Waals surface area (Å²) in [6, 6.07) is 7.47. The number of methoxy groups -OCH3 is 1. The highest BCUT2D eigenvalue weighted by molar-refractivity contribution is 5.83. The zero-order chi connectivity index (χ0) is 18.4. The zero-order valence-electron chi connectivity index (χ0n) is 15.6. The predicted molar refractivity (Wildman–Crippen MR) is 98.7 cm³/mol. The Balaban J connectivity index is 1.24. The Kier molecular flexibility index (Phi) is 3.95. The van der Waals surface area contributed by atoms with Gasteiger partial charge in [-0.15, -0.1) is 10.2 Å². The minimum absolute atomic E-state index is 0.145. The van der Waals surface area contributed by atoms with Crippen LogP contribution in [0.3, 0.4) is 0 Å². The summed E-state index contributed by atoms with van der Waals surface area (Å²) in [4.78, 5) is 13.0. The van der Waals surface area contributed by atoms with Crippen LogP contribution in [0.25, 0.3) is 11.5 Å². The Hall–Kier alpha value is -2.37. The Morgan fingerprint density at radius 2 is 1.74 bits per heavy atom. The number of carbonyl (C=O) groups excluding carboxylic acids is 1. The number of amides is 1. The van der Waals surface area contributed by atoms with E-state index >= 15 is 0 Å². The van der Waals surface area contributed by atoms with Crippen molar-refractivity contribution < 1.29 is 13.9 Å². The second-order valence-corrected chi connectivity index (χ2v) is 8.61. The summed E-state index contributed by atoms with van der Waals surface area (Å²) >= 11 is 0. The van der Waals surface area contributed by atoms with Crippen molar-refractivity contribution in [2.75, 3.05) is 7.11 Å². The van der Waals surface area contributed by atoms with Crippen LogP contribution in [-0.2, 0) is 11.3 Å². The molecule has 6 nitrogen and oxygen atoms in total. The van der Waals surface area contributed by atoms with E-state index in [-0.39, 0.29) is 11.3 Å². The summed E-state index contributed by atoms with van der Waals surface area (Å²) < 4.78 is 10.9. The van der Waals surface area contributed by atoms with E-state index < -0.39 is 0 Å². The van der Waals surface area contributed by atoms with E-state index in [0.29, 0.717) is 18.3 Å². The number of ether oxygens (including phenoxy) is 1. The number of benzene rings is 1. The van der Waals surface area contributed by atoms with Crippen LogP contribution in [0, 0.1) is 23.2 Å². The molecule has 0 saturated heterocycles. The average molecular weight is 367 g/mol. The van der Waals surface area contributed by atoms with Crippen LogP contribution in [-0.4, -0.2) is 23.2 Å². The molecule has 1 heterocycles. The first kappa shape index (κ1) is 16.8. The van der Waals surface area contributed by atoms with Gasteiger partial charge in [0, 0.05) is 11.0 Å². The molecule has 4 aliphatic carbocycles. The third-order valence-corrected chi connectivity index (χ3v) is 6.72. The molecule has 0 radical (unpaired) electrons. The fourth-order valence-electron chi connectivity index (χ4n) is 5.91. The Labute approximate surface area is 158 Å². The third kappa shape index (κ3) is 3.01. The average Bonchev–Trinajstić information content (AvgIpc) is 3.14. The Morgan fingerprint density at radius 3 is 2.33 bits per heavy atom. The molecule has 4 bridgehead atoms. The number of rotatable bonds is 5. The second-order valence-electron chi connectivity index (χ2n) is 8.61. The number of hydrogen-bond acceptors (Lipinski definition) is 5. The molecule has 2 aromatic rings. The van der Waals surface area contributed by atoms with Crippen LogP contribution in [0.1, 0.15) is 44.4 Å². The molecule has 1 aromatic carbocycles. The fourth-order valence-corrected chi connectivity index (χ4v) is 5.91. The van der Waals surface area contributed by atoms with Gasteiger partial charge in [0.15, 0.2) is 0 Å². The molecule has 0 unspecified atom stereocenters. The molecule has 4 aliphatic rings. The van der Waals surface area contributed by atoms with E-state index in [1.54, 1.807) is 7.11 Å². The van der Waals surface area contributed by atoms with Crippen molar-refractivity contribution in [1.29, 1.82) is 0 Å². The first-order valence-corrected chi connectivity index (χ1v) is 9.89. The maximum atomic E-state index is 13.0. The van der Waals surface area contributed by atoms with Crippen LogP contribution in [0.15, 0.2) is 28.7 Å². The lowest BCUT2D eigenvalue weighted by Crippen LogP contribution is -2.53. The van der Waals surface area contributed by atoms with E-state index in [1.165, 1.54) is 19.3 Å². The van der Waals surface area contributed by atoms with Crippen LogP contribution in [0.5, 0.6) is 5.75 Å². The molecule has 6 heteroatoms. The first-order valence-electron chi connectivity index (χ1n) is 9.89. The highest BCUT2D eigenvalue weighted by Gasteiger charge is 2.54. The fraction of sp³-hybridized carbons (Fsp3) is 0.571. The zero-order valence-corrected chi connectivity index (χ0v) is 15.6. The molecule has 1 amide bonds. The lowest BCUT2D eigenvalue weighted by Gasteiger charge is -2.55. The van der Waals surface area contributed by atoms with Crippen molar-refractivity contribution in [2.24, 2.45) is 23.2 Å². The molecular weight excluding hydrogens is 342 g/mol. The molecule has 4 fully saturated rings. The van der Waals surface area contributed by atoms with Gasteiger partial charge in [0.25, 0.3) is 0 Å². The lowest BCUT2D eigenvalue weighted by atomic mass is 9.49. The standard InChI is InChI=1S/C21H25N3O3/c1-26-17-4-2-16(3-5-17)19-24-23-18(27-19)12-22-20(25)21-9-13-6-14(10-21)8-15(7-13)11-21/h2-5,13-15H,6-12H2,1H3,(H,22,25). The number of hydrogen-bond donors (Lipinski definition) is 1. The molecule has 1 N–H and O–H groups in total. The van der Waals surface area contributed by atoms with Gasteiger partial charge in [-0.3, -0.25) is 4.79 Å². The molecule has 0 atom stereocenters. The number of nitrogens with zero attached hydrogens (tertiary/aromatic N) is 2. The van der Waals surface area contributed by atoms with Gasteiger partial charge < -0.3 is 14.5 Å². The highest BCUT2D eigenvalue weighted by atomic mass is 16.5. The molecule has 142 valence electrons. The van der Waals surface area contributed by atoms with E-state index in [4.69, 9.17) is 9.15 Å². The maximum Gasteiger partial charge on any atom is 0.247 e. The van der Waals surface area contributed by atoms with Gasteiger partial charge in [-0.25, -0.2) is 0 Å². The van der Waals surface area contributed by atoms with Crippen molar-refractivity contribution in [1.82, 2.24) is 15.5 Å². The topological polar surface area (TPSA) is 77.3 Å². The highest BCUT2D eigenvalue weighted by Crippen LogP contribution is 2.60. The molecule has 0 aliphatic heterocycles. The second kappa shape index (κ2) is 6.36. The Bertz CT molecular complexity index is 807. The van der Waals surface area contributed by atoms with E-state index in [0.717, 1.165) is 48.3 Å².